The van der Waals surface area contributed by atoms with Gasteiger partial charge < -0.3 is 10.1 Å². The Hall–Kier alpha value is -1.18. The Kier molecular flexibility index (Phi) is 3.04. The molecule has 1 aromatic rings. The zero-order chi connectivity index (χ0) is 14.5. The minimum atomic E-state index is 0.390. The highest BCUT2D eigenvalue weighted by Crippen LogP contribution is 2.63. The lowest BCUT2D eigenvalue weighted by Gasteiger charge is -2.43. The Bertz CT molecular complexity index is 517. The van der Waals surface area contributed by atoms with Gasteiger partial charge >= 0.3 is 0 Å². The van der Waals surface area contributed by atoms with Gasteiger partial charge in [0.25, 0.3) is 0 Å². The summed E-state index contributed by atoms with van der Waals surface area (Å²) in [6, 6.07) is 7.00. The van der Waals surface area contributed by atoms with Crippen LogP contribution in [0.25, 0.3) is 0 Å². The van der Waals surface area contributed by atoms with Crippen LogP contribution in [0.1, 0.15) is 45.6 Å². The molecule has 2 bridgehead atoms. The molecule has 2 nitrogen and oxygen atoms in total. The monoisotopic (exact) mass is 273 g/mol. The Balaban J connectivity index is 1.86. The van der Waals surface area contributed by atoms with E-state index in [4.69, 9.17) is 4.74 Å². The maximum absolute atomic E-state index is 5.35. The first-order chi connectivity index (χ1) is 9.37. The predicted octanol–water partition coefficient (Wildman–Crippen LogP) is 4.63. The van der Waals surface area contributed by atoms with Crippen LogP contribution in [-0.4, -0.2) is 13.2 Å². The largest absolute Gasteiger partial charge is 0.496 e. The van der Waals surface area contributed by atoms with Gasteiger partial charge in [0.15, 0.2) is 0 Å². The van der Waals surface area contributed by atoms with Crippen molar-refractivity contribution >= 4 is 5.69 Å². The van der Waals surface area contributed by atoms with Gasteiger partial charge in [-0.2, -0.15) is 0 Å². The molecule has 1 N–H and O–H groups in total. The van der Waals surface area contributed by atoms with Crippen LogP contribution in [-0.2, 0) is 0 Å². The van der Waals surface area contributed by atoms with E-state index in [9.17, 15) is 0 Å². The minimum Gasteiger partial charge on any atom is -0.496 e. The van der Waals surface area contributed by atoms with Crippen molar-refractivity contribution in [2.45, 2.75) is 53.0 Å². The minimum absolute atomic E-state index is 0.390. The van der Waals surface area contributed by atoms with E-state index in [1.807, 2.05) is 0 Å². The number of aryl methyl sites for hydroxylation is 1. The lowest BCUT2D eigenvalue weighted by atomic mass is 9.68. The van der Waals surface area contributed by atoms with E-state index in [1.165, 1.54) is 30.5 Å². The number of rotatable bonds is 3. The molecule has 3 unspecified atom stereocenters. The maximum atomic E-state index is 5.35. The Morgan fingerprint density at radius 3 is 2.55 bits per heavy atom. The van der Waals surface area contributed by atoms with E-state index in [0.29, 0.717) is 16.9 Å². The van der Waals surface area contributed by atoms with Crippen molar-refractivity contribution in [2.24, 2.45) is 16.7 Å². The van der Waals surface area contributed by atoms with Gasteiger partial charge in [-0.3, -0.25) is 0 Å². The number of ether oxygens (including phenoxy) is 1. The summed E-state index contributed by atoms with van der Waals surface area (Å²) in [5.74, 6) is 1.85. The highest BCUT2D eigenvalue weighted by atomic mass is 16.5. The van der Waals surface area contributed by atoms with E-state index in [-0.39, 0.29) is 0 Å². The number of hydrogen-bond donors (Lipinski definition) is 1. The molecule has 0 radical (unpaired) electrons. The van der Waals surface area contributed by atoms with Crippen molar-refractivity contribution in [2.75, 3.05) is 12.4 Å². The molecule has 3 atom stereocenters. The van der Waals surface area contributed by atoms with Gasteiger partial charge in [0, 0.05) is 11.7 Å². The van der Waals surface area contributed by atoms with Crippen LogP contribution in [0.15, 0.2) is 18.2 Å². The molecule has 2 aliphatic carbocycles. The molecule has 0 aromatic heterocycles. The van der Waals surface area contributed by atoms with Gasteiger partial charge in [0.2, 0.25) is 0 Å². The molecule has 0 amide bonds. The Morgan fingerprint density at radius 2 is 2.00 bits per heavy atom. The highest BCUT2D eigenvalue weighted by Gasteiger charge is 2.59. The second kappa shape index (κ2) is 4.41. The van der Waals surface area contributed by atoms with Crippen molar-refractivity contribution in [1.29, 1.82) is 0 Å². The summed E-state index contributed by atoms with van der Waals surface area (Å²) in [7, 11) is 1.73. The van der Waals surface area contributed by atoms with Gasteiger partial charge in [-0.25, -0.2) is 0 Å². The molecule has 0 spiro atoms. The average Bonchev–Trinajstić information content (AvgIpc) is 2.86. The zero-order valence-electron chi connectivity index (χ0n) is 13.4. The summed E-state index contributed by atoms with van der Waals surface area (Å²) in [4.78, 5) is 0. The molecule has 110 valence electrons. The second-order valence-corrected chi connectivity index (χ2v) is 7.68. The zero-order valence-corrected chi connectivity index (χ0v) is 13.4. The van der Waals surface area contributed by atoms with Crippen molar-refractivity contribution in [3.05, 3.63) is 23.8 Å². The number of hydrogen-bond acceptors (Lipinski definition) is 2. The van der Waals surface area contributed by atoms with Crippen LogP contribution in [0.3, 0.4) is 0 Å². The van der Waals surface area contributed by atoms with Crippen LogP contribution in [0.4, 0.5) is 5.69 Å². The average molecular weight is 273 g/mol. The molecule has 0 heterocycles. The highest BCUT2D eigenvalue weighted by molar-refractivity contribution is 5.52. The third-order valence-electron chi connectivity index (χ3n) is 5.98. The van der Waals surface area contributed by atoms with Gasteiger partial charge in [0.05, 0.1) is 7.11 Å². The molecular weight excluding hydrogens is 246 g/mol. The lowest BCUT2D eigenvalue weighted by molar-refractivity contribution is 0.155. The molecule has 2 aliphatic rings. The smallest absolute Gasteiger partial charge is 0.121 e. The molecule has 20 heavy (non-hydrogen) atoms. The molecule has 0 aliphatic heterocycles. The van der Waals surface area contributed by atoms with Crippen LogP contribution < -0.4 is 10.1 Å². The quantitative estimate of drug-likeness (QED) is 0.867. The van der Waals surface area contributed by atoms with Gasteiger partial charge in [-0.1, -0.05) is 20.8 Å². The number of nitrogens with one attached hydrogen (secondary N) is 1. The van der Waals surface area contributed by atoms with Crippen molar-refractivity contribution in [1.82, 2.24) is 0 Å². The van der Waals surface area contributed by atoms with E-state index in [0.717, 1.165) is 11.7 Å². The first kappa shape index (κ1) is 13.8. The summed E-state index contributed by atoms with van der Waals surface area (Å²) in [5.41, 5.74) is 3.28. The van der Waals surface area contributed by atoms with E-state index < -0.39 is 0 Å². The van der Waals surface area contributed by atoms with Gasteiger partial charge in [0.1, 0.15) is 5.75 Å². The molecule has 2 saturated carbocycles. The third kappa shape index (κ3) is 1.92. The first-order valence-electron chi connectivity index (χ1n) is 7.78. The summed E-state index contributed by atoms with van der Waals surface area (Å²) in [6.07, 6.45) is 4.16. The summed E-state index contributed by atoms with van der Waals surface area (Å²) >= 11 is 0. The van der Waals surface area contributed by atoms with Crippen molar-refractivity contribution in [3.63, 3.8) is 0 Å². The fourth-order valence-corrected chi connectivity index (χ4v) is 4.80. The molecule has 2 fully saturated rings. The fraction of sp³-hybridized carbons (Fsp3) is 0.667. The van der Waals surface area contributed by atoms with Crippen LogP contribution >= 0.6 is 0 Å². The maximum Gasteiger partial charge on any atom is 0.121 e. The standard InChI is InChI=1S/C18H27NO/c1-12-10-14(6-7-15(12)20-5)19-16-17(2,3)13-8-9-18(16,4)11-13/h6-7,10,13,16,19H,8-9,11H2,1-5H3. The second-order valence-electron chi connectivity index (χ2n) is 7.68. The normalized spacial score (nSPS) is 34.2. The van der Waals surface area contributed by atoms with Gasteiger partial charge in [-0.05, 0) is 66.7 Å². The summed E-state index contributed by atoms with van der Waals surface area (Å²) < 4.78 is 5.35. The van der Waals surface area contributed by atoms with Crippen LogP contribution in [0, 0.1) is 23.7 Å². The summed E-state index contributed by atoms with van der Waals surface area (Å²) in [6.45, 7) is 9.46. The van der Waals surface area contributed by atoms with Crippen molar-refractivity contribution < 1.29 is 4.74 Å². The number of anilines is 1. The molecule has 0 saturated heterocycles. The van der Waals surface area contributed by atoms with E-state index in [2.05, 4.69) is 51.2 Å². The van der Waals surface area contributed by atoms with Crippen LogP contribution in [0.2, 0.25) is 0 Å². The number of fused-ring (bicyclic) bond motifs is 2. The van der Waals surface area contributed by atoms with E-state index >= 15 is 0 Å². The van der Waals surface area contributed by atoms with Gasteiger partial charge in [-0.15, -0.1) is 0 Å². The van der Waals surface area contributed by atoms with Crippen LogP contribution in [0.5, 0.6) is 5.75 Å². The van der Waals surface area contributed by atoms with E-state index in [1.54, 1.807) is 7.11 Å². The molecule has 3 rings (SSSR count). The third-order valence-corrected chi connectivity index (χ3v) is 5.98. The SMILES string of the molecule is COc1ccc(NC2C3(C)CCC(C3)C2(C)C)cc1C. The fourth-order valence-electron chi connectivity index (χ4n) is 4.80. The lowest BCUT2D eigenvalue weighted by Crippen LogP contribution is -2.45. The molecular formula is C18H27NO. The number of benzene rings is 1. The number of methoxy groups -OCH3 is 1. The summed E-state index contributed by atoms with van der Waals surface area (Å²) in [5, 5.41) is 3.84. The topological polar surface area (TPSA) is 21.3 Å². The molecule has 1 aromatic carbocycles. The van der Waals surface area contributed by atoms with Crippen molar-refractivity contribution in [3.8, 4) is 5.75 Å². The first-order valence-corrected chi connectivity index (χ1v) is 7.78. The Labute approximate surface area is 122 Å². The molecule has 2 heteroatoms. The Morgan fingerprint density at radius 1 is 1.25 bits per heavy atom. The predicted molar refractivity (Wildman–Crippen MR) is 84.4 cm³/mol.